The van der Waals surface area contributed by atoms with E-state index in [1.54, 1.807) is 0 Å². The molecule has 0 saturated heterocycles. The number of hydrogen-bond donors (Lipinski definition) is 1. The van der Waals surface area contributed by atoms with E-state index in [1.807, 2.05) is 0 Å². The number of hydrogen-bond acceptors (Lipinski definition) is 3. The van der Waals surface area contributed by atoms with Gasteiger partial charge in [-0.05, 0) is 46.0 Å². The molecule has 0 rings (SSSR count). The molecule has 0 heterocycles. The largest absolute Gasteiger partial charge is 0.464 e. The average molecular weight is 228 g/mol. The molecule has 3 heteroatoms. The van der Waals surface area contributed by atoms with Gasteiger partial charge in [-0.2, -0.15) is 0 Å². The van der Waals surface area contributed by atoms with Gasteiger partial charge in [-0.25, -0.2) is 4.79 Å². The zero-order chi connectivity index (χ0) is 12.6. The zero-order valence-electron chi connectivity index (χ0n) is 10.8. The number of aliphatic hydroxyl groups is 1. The van der Waals surface area contributed by atoms with Crippen LogP contribution in [-0.4, -0.2) is 23.8 Å². The molecule has 1 unspecified atom stereocenters. The van der Waals surface area contributed by atoms with Crippen molar-refractivity contribution in [3.63, 3.8) is 0 Å². The minimum Gasteiger partial charge on any atom is -0.464 e. The van der Waals surface area contributed by atoms with E-state index in [1.165, 1.54) is 12.5 Å². The predicted molar refractivity (Wildman–Crippen MR) is 65.1 cm³/mol. The zero-order valence-corrected chi connectivity index (χ0v) is 10.8. The predicted octanol–water partition coefficient (Wildman–Crippen LogP) is 2.68. The van der Waals surface area contributed by atoms with E-state index in [9.17, 15) is 4.79 Å². The second-order valence-corrected chi connectivity index (χ2v) is 4.60. The summed E-state index contributed by atoms with van der Waals surface area (Å²) in [5.41, 5.74) is 1.34. The molecule has 0 aliphatic carbocycles. The van der Waals surface area contributed by atoms with E-state index in [-0.39, 0.29) is 0 Å². The summed E-state index contributed by atoms with van der Waals surface area (Å²) in [6, 6.07) is 0. The van der Waals surface area contributed by atoms with Crippen LogP contribution in [0.1, 0.15) is 47.0 Å². The highest BCUT2D eigenvalue weighted by Crippen LogP contribution is 2.11. The Bertz CT molecular complexity index is 227. The van der Waals surface area contributed by atoms with Gasteiger partial charge in [-0.1, -0.05) is 18.6 Å². The number of allylic oxidation sites excluding steroid dienone is 2. The summed E-state index contributed by atoms with van der Waals surface area (Å²) >= 11 is 0. The van der Waals surface area contributed by atoms with Crippen LogP contribution >= 0.6 is 0 Å². The summed E-state index contributed by atoms with van der Waals surface area (Å²) in [5, 5.41) is 8.91. The summed E-state index contributed by atoms with van der Waals surface area (Å²) in [4.78, 5) is 10.9. The van der Waals surface area contributed by atoms with Crippen LogP contribution in [0.5, 0.6) is 0 Å². The third-order valence-electron chi connectivity index (χ3n) is 2.41. The Morgan fingerprint density at radius 1 is 1.31 bits per heavy atom. The first kappa shape index (κ1) is 15.2. The third-order valence-corrected chi connectivity index (χ3v) is 2.41. The van der Waals surface area contributed by atoms with Gasteiger partial charge in [0.2, 0.25) is 0 Å². The van der Waals surface area contributed by atoms with Crippen LogP contribution in [0.15, 0.2) is 11.6 Å². The first-order valence-electron chi connectivity index (χ1n) is 5.91. The van der Waals surface area contributed by atoms with Crippen molar-refractivity contribution in [3.8, 4) is 0 Å². The van der Waals surface area contributed by atoms with Crippen LogP contribution in [0.4, 0.5) is 0 Å². The molecule has 0 saturated carbocycles. The Morgan fingerprint density at radius 2 is 1.94 bits per heavy atom. The Morgan fingerprint density at radius 3 is 2.44 bits per heavy atom. The van der Waals surface area contributed by atoms with Crippen molar-refractivity contribution in [2.45, 2.75) is 53.1 Å². The van der Waals surface area contributed by atoms with Crippen molar-refractivity contribution >= 4 is 5.97 Å². The molecule has 0 bridgehead atoms. The molecule has 0 aliphatic rings. The SMILES string of the molecule is CC(C)=CCC[C@@H](C)CCOC(=O)C(C)O. The number of carbonyl (C=O) groups excluding carboxylic acids is 1. The fourth-order valence-electron chi connectivity index (χ4n) is 1.28. The maximum atomic E-state index is 10.9. The van der Waals surface area contributed by atoms with E-state index in [0.717, 1.165) is 19.3 Å². The van der Waals surface area contributed by atoms with Crippen LogP contribution in [0, 0.1) is 5.92 Å². The number of esters is 1. The molecule has 0 aliphatic heterocycles. The lowest BCUT2D eigenvalue weighted by Gasteiger charge is -2.11. The molecule has 0 radical (unpaired) electrons. The molecule has 0 aromatic carbocycles. The van der Waals surface area contributed by atoms with E-state index in [0.29, 0.717) is 12.5 Å². The first-order chi connectivity index (χ1) is 7.43. The average Bonchev–Trinajstić information content (AvgIpc) is 2.16. The number of ether oxygens (including phenoxy) is 1. The molecule has 94 valence electrons. The Hall–Kier alpha value is -0.830. The molecule has 3 nitrogen and oxygen atoms in total. The quantitative estimate of drug-likeness (QED) is 0.538. The van der Waals surface area contributed by atoms with Crippen molar-refractivity contribution in [1.82, 2.24) is 0 Å². The van der Waals surface area contributed by atoms with Crippen LogP contribution < -0.4 is 0 Å². The highest BCUT2D eigenvalue weighted by molar-refractivity contribution is 5.73. The molecule has 0 aromatic rings. The van der Waals surface area contributed by atoms with E-state index < -0.39 is 12.1 Å². The second-order valence-electron chi connectivity index (χ2n) is 4.60. The summed E-state index contributed by atoms with van der Waals surface area (Å²) in [7, 11) is 0. The molecule has 0 spiro atoms. The smallest absolute Gasteiger partial charge is 0.334 e. The van der Waals surface area contributed by atoms with Gasteiger partial charge in [-0.3, -0.25) is 0 Å². The third kappa shape index (κ3) is 8.48. The van der Waals surface area contributed by atoms with Gasteiger partial charge in [0.05, 0.1) is 6.61 Å². The van der Waals surface area contributed by atoms with E-state index in [2.05, 4.69) is 26.8 Å². The van der Waals surface area contributed by atoms with Gasteiger partial charge < -0.3 is 9.84 Å². The molecular formula is C13H24O3. The standard InChI is InChI=1S/C13H24O3/c1-10(2)6-5-7-11(3)8-9-16-13(15)12(4)14/h6,11-12,14H,5,7-9H2,1-4H3/t11-,12?/m1/s1. The van der Waals surface area contributed by atoms with Gasteiger partial charge in [0.25, 0.3) is 0 Å². The monoisotopic (exact) mass is 228 g/mol. The van der Waals surface area contributed by atoms with Gasteiger partial charge in [0, 0.05) is 0 Å². The van der Waals surface area contributed by atoms with Crippen LogP contribution in [0.3, 0.4) is 0 Å². The van der Waals surface area contributed by atoms with Crippen molar-refractivity contribution in [2.24, 2.45) is 5.92 Å². The van der Waals surface area contributed by atoms with Crippen molar-refractivity contribution in [2.75, 3.05) is 6.61 Å². The number of rotatable bonds is 7. The maximum Gasteiger partial charge on any atom is 0.334 e. The summed E-state index contributed by atoms with van der Waals surface area (Å²) in [6.07, 6.45) is 4.25. The fraction of sp³-hybridized carbons (Fsp3) is 0.769. The molecule has 0 fully saturated rings. The Kier molecular flexibility index (Phi) is 7.90. The number of aliphatic hydroxyl groups excluding tert-OH is 1. The normalized spacial score (nSPS) is 14.1. The lowest BCUT2D eigenvalue weighted by atomic mass is 10.0. The summed E-state index contributed by atoms with van der Waals surface area (Å²) < 4.78 is 4.90. The first-order valence-corrected chi connectivity index (χ1v) is 5.91. The molecular weight excluding hydrogens is 204 g/mol. The van der Waals surface area contributed by atoms with Gasteiger partial charge in [-0.15, -0.1) is 0 Å². The van der Waals surface area contributed by atoms with E-state index in [4.69, 9.17) is 9.84 Å². The molecule has 0 amide bonds. The second kappa shape index (κ2) is 8.34. The van der Waals surface area contributed by atoms with Crippen LogP contribution in [-0.2, 0) is 9.53 Å². The molecule has 2 atom stereocenters. The minimum absolute atomic E-state index is 0.403. The van der Waals surface area contributed by atoms with Crippen molar-refractivity contribution in [3.05, 3.63) is 11.6 Å². The van der Waals surface area contributed by atoms with Crippen LogP contribution in [0.2, 0.25) is 0 Å². The van der Waals surface area contributed by atoms with Crippen LogP contribution in [0.25, 0.3) is 0 Å². The highest BCUT2D eigenvalue weighted by Gasteiger charge is 2.10. The van der Waals surface area contributed by atoms with E-state index >= 15 is 0 Å². The minimum atomic E-state index is -1.01. The summed E-state index contributed by atoms with van der Waals surface area (Å²) in [6.45, 7) is 8.15. The Labute approximate surface area is 98.5 Å². The van der Waals surface area contributed by atoms with Crippen molar-refractivity contribution in [1.29, 1.82) is 0 Å². The lowest BCUT2D eigenvalue weighted by molar-refractivity contribution is -0.152. The highest BCUT2D eigenvalue weighted by atomic mass is 16.5. The van der Waals surface area contributed by atoms with Gasteiger partial charge in [0.1, 0.15) is 6.10 Å². The molecule has 16 heavy (non-hydrogen) atoms. The number of carbonyl (C=O) groups is 1. The lowest BCUT2D eigenvalue weighted by Crippen LogP contribution is -2.20. The fourth-order valence-corrected chi connectivity index (χ4v) is 1.28. The maximum absolute atomic E-state index is 10.9. The van der Waals surface area contributed by atoms with Gasteiger partial charge in [0.15, 0.2) is 0 Å². The van der Waals surface area contributed by atoms with Gasteiger partial charge >= 0.3 is 5.97 Å². The van der Waals surface area contributed by atoms with Crippen molar-refractivity contribution < 1.29 is 14.6 Å². The Balaban J connectivity index is 3.54. The summed E-state index contributed by atoms with van der Waals surface area (Å²) in [5.74, 6) is 0.00824. The molecule has 1 N–H and O–H groups in total. The molecule has 0 aromatic heterocycles. The topological polar surface area (TPSA) is 46.5 Å².